The van der Waals surface area contributed by atoms with E-state index in [2.05, 4.69) is 148 Å². The van der Waals surface area contributed by atoms with Gasteiger partial charge >= 0.3 is 0 Å². The van der Waals surface area contributed by atoms with Gasteiger partial charge in [-0.25, -0.2) is 0 Å². The maximum Gasteiger partial charge on any atom is -0.00134 e. The normalized spacial score (nSPS) is 11.1. The molecule has 0 spiro atoms. The summed E-state index contributed by atoms with van der Waals surface area (Å²) in [6, 6.07) is 45.2. The minimum Gasteiger partial charge on any atom is -0.0619 e. The van der Waals surface area contributed by atoms with Gasteiger partial charge in [0.05, 0.1) is 0 Å². The van der Waals surface area contributed by atoms with E-state index >= 15 is 0 Å². The lowest BCUT2D eigenvalue weighted by atomic mass is 10.0. The molecule has 36 heavy (non-hydrogen) atoms. The number of fused-ring (bicyclic) bond motifs is 5. The Morgan fingerprint density at radius 3 is 1.86 bits per heavy atom. The van der Waals surface area contributed by atoms with Crippen molar-refractivity contribution in [2.75, 3.05) is 0 Å². The topological polar surface area (TPSA) is 0 Å². The third-order valence-corrected chi connectivity index (χ3v) is 6.86. The van der Waals surface area contributed by atoms with Gasteiger partial charge in [-0.15, -0.1) is 0 Å². The van der Waals surface area contributed by atoms with Crippen LogP contribution >= 0.6 is 0 Å². The first-order valence-electron chi connectivity index (χ1n) is 12.7. The van der Waals surface area contributed by atoms with Crippen LogP contribution in [0.4, 0.5) is 0 Å². The molecule has 6 aromatic carbocycles. The van der Waals surface area contributed by atoms with E-state index in [-0.39, 0.29) is 0 Å². The Labute approximate surface area is 214 Å². The molecule has 0 radical (unpaired) electrons. The van der Waals surface area contributed by atoms with E-state index < -0.39 is 0 Å². The Balaban J connectivity index is 0.000000112. The van der Waals surface area contributed by atoms with E-state index in [4.69, 9.17) is 0 Å². The highest BCUT2D eigenvalue weighted by Crippen LogP contribution is 2.36. The van der Waals surface area contributed by atoms with E-state index in [0.717, 1.165) is 6.42 Å². The van der Waals surface area contributed by atoms with Crippen LogP contribution in [0.5, 0.6) is 0 Å². The third-order valence-electron chi connectivity index (χ3n) is 6.86. The molecule has 0 amide bonds. The predicted octanol–water partition coefficient (Wildman–Crippen LogP) is 9.86. The number of rotatable bonds is 0. The van der Waals surface area contributed by atoms with Crippen molar-refractivity contribution >= 4 is 21.5 Å². The standard InChI is InChI=1S/C14H12.2C11H10/c1-10-6-7-14-12(8-10)9-11-4-2-3-5-13(11)14;1-9-5-4-7-10-6-2-3-8-11(9)10;1-9-6-7-10-4-2-3-5-11(10)8-9/h2-8H,9H2,1H3;2*2-8H,1H3. The van der Waals surface area contributed by atoms with Crippen LogP contribution in [0.2, 0.25) is 0 Å². The molecule has 0 nitrogen and oxygen atoms in total. The van der Waals surface area contributed by atoms with Crippen molar-refractivity contribution in [2.45, 2.75) is 27.2 Å². The number of aryl methyl sites for hydroxylation is 3. The zero-order valence-electron chi connectivity index (χ0n) is 21.3. The van der Waals surface area contributed by atoms with Gasteiger partial charge in [0.15, 0.2) is 0 Å². The Bertz CT molecular complexity index is 1630. The summed E-state index contributed by atoms with van der Waals surface area (Å²) >= 11 is 0. The molecule has 1 aliphatic rings. The summed E-state index contributed by atoms with van der Waals surface area (Å²) in [6.45, 7) is 6.41. The lowest BCUT2D eigenvalue weighted by molar-refractivity contribution is 1.25. The number of hydrogen-bond donors (Lipinski definition) is 0. The van der Waals surface area contributed by atoms with Crippen molar-refractivity contribution in [3.63, 3.8) is 0 Å². The van der Waals surface area contributed by atoms with Gasteiger partial charge < -0.3 is 0 Å². The van der Waals surface area contributed by atoms with E-state index in [1.807, 2.05) is 0 Å². The highest BCUT2D eigenvalue weighted by atomic mass is 14.2. The molecule has 1 aliphatic carbocycles. The average Bonchev–Trinajstić information content (AvgIpc) is 3.27. The lowest BCUT2D eigenvalue weighted by Gasteiger charge is -2.00. The molecule has 0 heteroatoms. The van der Waals surface area contributed by atoms with Crippen molar-refractivity contribution in [3.05, 3.63) is 155 Å². The Morgan fingerprint density at radius 2 is 1.03 bits per heavy atom. The Kier molecular flexibility index (Phi) is 6.96. The summed E-state index contributed by atoms with van der Waals surface area (Å²) in [7, 11) is 0. The Hall–Kier alpha value is -4.16. The molecule has 0 unspecified atom stereocenters. The molecule has 0 fully saturated rings. The van der Waals surface area contributed by atoms with Gasteiger partial charge in [0.25, 0.3) is 0 Å². The minimum atomic E-state index is 1.10. The van der Waals surface area contributed by atoms with E-state index in [0.29, 0.717) is 0 Å². The van der Waals surface area contributed by atoms with Gasteiger partial charge in [-0.2, -0.15) is 0 Å². The highest BCUT2D eigenvalue weighted by Gasteiger charge is 2.16. The third kappa shape index (κ3) is 5.24. The molecular weight excluding hydrogens is 432 g/mol. The fraction of sp³-hybridized carbons (Fsp3) is 0.111. The molecule has 0 aromatic heterocycles. The first kappa shape index (κ1) is 23.6. The molecule has 7 rings (SSSR count). The zero-order chi connectivity index (χ0) is 24.9. The van der Waals surface area contributed by atoms with Gasteiger partial charge in [-0.1, -0.05) is 139 Å². The second kappa shape index (κ2) is 10.6. The van der Waals surface area contributed by atoms with Crippen LogP contribution in [0.1, 0.15) is 27.8 Å². The molecule has 0 aliphatic heterocycles. The van der Waals surface area contributed by atoms with Crippen LogP contribution < -0.4 is 0 Å². The van der Waals surface area contributed by atoms with Crippen LogP contribution in [0.25, 0.3) is 32.7 Å². The van der Waals surface area contributed by atoms with Crippen molar-refractivity contribution < 1.29 is 0 Å². The van der Waals surface area contributed by atoms with Crippen molar-refractivity contribution in [2.24, 2.45) is 0 Å². The number of hydrogen-bond acceptors (Lipinski definition) is 0. The smallest absolute Gasteiger partial charge is 0.00134 e. The Morgan fingerprint density at radius 1 is 0.417 bits per heavy atom. The maximum absolute atomic E-state index is 2.30. The summed E-state index contributed by atoms with van der Waals surface area (Å²) in [6.07, 6.45) is 1.10. The molecule has 0 heterocycles. The van der Waals surface area contributed by atoms with Gasteiger partial charge in [0.1, 0.15) is 0 Å². The van der Waals surface area contributed by atoms with Crippen LogP contribution in [0.15, 0.2) is 127 Å². The molecule has 0 saturated heterocycles. The largest absolute Gasteiger partial charge is 0.0619 e. The van der Waals surface area contributed by atoms with Crippen molar-refractivity contribution in [1.29, 1.82) is 0 Å². The average molecular weight is 465 g/mol. The van der Waals surface area contributed by atoms with Crippen LogP contribution in [0.3, 0.4) is 0 Å². The van der Waals surface area contributed by atoms with Crippen LogP contribution in [-0.2, 0) is 6.42 Å². The van der Waals surface area contributed by atoms with Crippen LogP contribution in [0, 0.1) is 20.8 Å². The van der Waals surface area contributed by atoms with E-state index in [1.54, 1.807) is 0 Å². The molecule has 0 bridgehead atoms. The minimum absolute atomic E-state index is 1.10. The summed E-state index contributed by atoms with van der Waals surface area (Å²) in [4.78, 5) is 0. The monoisotopic (exact) mass is 464 g/mol. The fourth-order valence-electron chi connectivity index (χ4n) is 4.97. The molecule has 0 atom stereocenters. The van der Waals surface area contributed by atoms with Crippen molar-refractivity contribution in [1.82, 2.24) is 0 Å². The molecular formula is C36H32. The zero-order valence-corrected chi connectivity index (χ0v) is 21.3. The predicted molar refractivity (Wildman–Crippen MR) is 157 cm³/mol. The molecule has 6 aromatic rings. The van der Waals surface area contributed by atoms with E-state index in [9.17, 15) is 0 Å². The summed E-state index contributed by atoms with van der Waals surface area (Å²) in [5.74, 6) is 0. The first-order chi connectivity index (χ1) is 17.6. The second-order valence-corrected chi connectivity index (χ2v) is 9.64. The van der Waals surface area contributed by atoms with E-state index in [1.165, 1.54) is 60.5 Å². The second-order valence-electron chi connectivity index (χ2n) is 9.64. The van der Waals surface area contributed by atoms with Crippen LogP contribution in [-0.4, -0.2) is 0 Å². The van der Waals surface area contributed by atoms with Gasteiger partial charge in [0.2, 0.25) is 0 Å². The van der Waals surface area contributed by atoms with Crippen molar-refractivity contribution in [3.8, 4) is 11.1 Å². The summed E-state index contributed by atoms with van der Waals surface area (Å²) in [5.41, 5.74) is 9.82. The highest BCUT2D eigenvalue weighted by molar-refractivity contribution is 5.85. The lowest BCUT2D eigenvalue weighted by Crippen LogP contribution is -1.80. The molecule has 0 saturated carbocycles. The van der Waals surface area contributed by atoms with Gasteiger partial charge in [0, 0.05) is 0 Å². The maximum atomic E-state index is 2.30. The quantitative estimate of drug-likeness (QED) is 0.209. The summed E-state index contributed by atoms with van der Waals surface area (Å²) < 4.78 is 0. The number of benzene rings is 6. The molecule has 0 N–H and O–H groups in total. The fourth-order valence-corrected chi connectivity index (χ4v) is 4.97. The molecule has 176 valence electrons. The van der Waals surface area contributed by atoms with Gasteiger partial charge in [-0.3, -0.25) is 0 Å². The first-order valence-corrected chi connectivity index (χ1v) is 12.7. The summed E-state index contributed by atoms with van der Waals surface area (Å²) in [5, 5.41) is 5.33. The van der Waals surface area contributed by atoms with Gasteiger partial charge in [-0.05, 0) is 76.6 Å². The SMILES string of the molecule is Cc1ccc2c(c1)Cc1ccccc1-2.Cc1ccc2ccccc2c1.Cc1cccc2ccccc12.